The fourth-order valence-electron chi connectivity index (χ4n) is 1.76. The average molecular weight is 220 g/mol. The van der Waals surface area contributed by atoms with Crippen LogP contribution in [0.1, 0.15) is 6.42 Å². The molecule has 1 saturated heterocycles. The van der Waals surface area contributed by atoms with Crippen molar-refractivity contribution >= 4 is 9.93 Å². The molecule has 0 aliphatic carbocycles. The number of thiol groups is 1. The molecule has 0 N–H and O–H groups in total. The minimum Gasteiger partial charge on any atom is -0.309 e. The van der Waals surface area contributed by atoms with Crippen molar-refractivity contribution in [3.8, 4) is 0 Å². The van der Waals surface area contributed by atoms with Gasteiger partial charge in [-0.2, -0.15) is 0 Å². The van der Waals surface area contributed by atoms with E-state index in [0.717, 1.165) is 37.7 Å². The van der Waals surface area contributed by atoms with Gasteiger partial charge in [-0.25, -0.2) is 0 Å². The average Bonchev–Trinajstić information content (AvgIpc) is 2.07. The first kappa shape index (κ1) is 12.1. The van der Waals surface area contributed by atoms with Crippen LogP contribution in [-0.4, -0.2) is 72.0 Å². The van der Waals surface area contributed by atoms with E-state index in [1.807, 2.05) is 6.26 Å². The highest BCUT2D eigenvalue weighted by Crippen LogP contribution is 2.08. The second-order valence-corrected chi connectivity index (χ2v) is 8.23. The first-order valence-corrected chi connectivity index (χ1v) is 7.95. The third-order valence-electron chi connectivity index (χ3n) is 2.86. The predicted octanol–water partition coefficient (Wildman–Crippen LogP) is -0.0998. The van der Waals surface area contributed by atoms with Crippen molar-refractivity contribution in [2.45, 2.75) is 6.42 Å². The maximum Gasteiger partial charge on any atom is 0.0139 e. The Morgan fingerprint density at radius 2 is 1.86 bits per heavy atom. The lowest BCUT2D eigenvalue weighted by atomic mass is 10.3. The van der Waals surface area contributed by atoms with Crippen LogP contribution >= 0.6 is 0 Å². The smallest absolute Gasteiger partial charge is 0.0139 e. The molecule has 0 aromatic rings. The third kappa shape index (κ3) is 4.53. The van der Waals surface area contributed by atoms with Gasteiger partial charge in [0, 0.05) is 24.6 Å². The van der Waals surface area contributed by atoms with Gasteiger partial charge in [0.25, 0.3) is 0 Å². The summed E-state index contributed by atoms with van der Waals surface area (Å²) in [6, 6.07) is 0. The molecule has 0 unspecified atom stereocenters. The van der Waals surface area contributed by atoms with E-state index in [2.05, 4.69) is 23.9 Å². The monoisotopic (exact) mass is 220 g/mol. The summed E-state index contributed by atoms with van der Waals surface area (Å²) in [5, 5.41) is 0. The summed E-state index contributed by atoms with van der Waals surface area (Å²) in [7, 11) is 2.49. The lowest BCUT2D eigenvalue weighted by Crippen LogP contribution is -2.43. The van der Waals surface area contributed by atoms with E-state index in [-0.39, 0.29) is 0 Å². The summed E-state index contributed by atoms with van der Waals surface area (Å²) in [6.07, 6.45) is 3.17. The summed E-state index contributed by atoms with van der Waals surface area (Å²) in [5.41, 5.74) is 0. The minimum absolute atomic E-state index is 0.926. The van der Waals surface area contributed by atoms with Crippen LogP contribution in [0, 0.1) is 0 Å². The Morgan fingerprint density at radius 3 is 2.36 bits per heavy atom. The Kier molecular flexibility index (Phi) is 4.54. The second kappa shape index (κ2) is 5.24. The second-order valence-electron chi connectivity index (χ2n) is 4.74. The van der Waals surface area contributed by atoms with Gasteiger partial charge in [-0.1, -0.05) is 0 Å². The van der Waals surface area contributed by atoms with Crippen LogP contribution in [0.25, 0.3) is 0 Å². The number of hydrogen-bond donors (Lipinski definition) is 1. The molecule has 14 heavy (non-hydrogen) atoms. The number of rotatable bonds is 4. The van der Waals surface area contributed by atoms with Crippen LogP contribution in [0.5, 0.6) is 0 Å². The van der Waals surface area contributed by atoms with Crippen LogP contribution in [0.4, 0.5) is 0 Å². The minimum atomic E-state index is -1.73. The summed E-state index contributed by atoms with van der Waals surface area (Å²) in [6.45, 7) is 4.40. The molecule has 86 valence electrons. The maximum atomic E-state index is 11.7. The maximum absolute atomic E-state index is 11.7. The Balaban J connectivity index is 2.13. The van der Waals surface area contributed by atoms with E-state index in [0.29, 0.717) is 0 Å². The van der Waals surface area contributed by atoms with Gasteiger partial charge in [-0.15, -0.1) is 9.93 Å². The van der Waals surface area contributed by atoms with Crippen molar-refractivity contribution in [3.63, 3.8) is 0 Å². The van der Waals surface area contributed by atoms with E-state index in [1.165, 1.54) is 6.42 Å². The van der Waals surface area contributed by atoms with Crippen molar-refractivity contribution in [2.24, 2.45) is 0 Å². The zero-order chi connectivity index (χ0) is 10.6. The molecule has 4 heteroatoms. The molecule has 1 heterocycles. The molecule has 1 aliphatic heterocycles. The molecule has 0 amide bonds. The highest BCUT2D eigenvalue weighted by atomic mass is 32.2. The molecule has 0 radical (unpaired) electrons. The van der Waals surface area contributed by atoms with Gasteiger partial charge in [-0.05, 0) is 39.9 Å². The predicted molar refractivity (Wildman–Crippen MR) is 64.8 cm³/mol. The van der Waals surface area contributed by atoms with Crippen molar-refractivity contribution in [2.75, 3.05) is 58.0 Å². The summed E-state index contributed by atoms with van der Waals surface area (Å²) in [4.78, 5) is 4.66. The Morgan fingerprint density at radius 1 is 1.29 bits per heavy atom. The lowest BCUT2D eigenvalue weighted by Gasteiger charge is -2.33. The zero-order valence-corrected chi connectivity index (χ0v) is 10.6. The highest BCUT2D eigenvalue weighted by Gasteiger charge is 2.18. The Bertz CT molecular complexity index is 206. The van der Waals surface area contributed by atoms with Gasteiger partial charge in [0.15, 0.2) is 0 Å². The largest absolute Gasteiger partial charge is 0.309 e. The highest BCUT2D eigenvalue weighted by molar-refractivity contribution is 8.02. The molecule has 0 aromatic carbocycles. The van der Waals surface area contributed by atoms with Crippen LogP contribution in [0.3, 0.4) is 0 Å². The first-order valence-electron chi connectivity index (χ1n) is 5.42. The number of hydrogen-bond acceptors (Lipinski definition) is 3. The molecule has 1 fully saturated rings. The molecular weight excluding hydrogens is 196 g/mol. The van der Waals surface area contributed by atoms with Crippen LogP contribution in [-0.2, 0) is 9.93 Å². The molecule has 3 nitrogen and oxygen atoms in total. The molecule has 1 rings (SSSR count). The van der Waals surface area contributed by atoms with Crippen molar-refractivity contribution in [1.29, 1.82) is 0 Å². The Hall–Kier alpha value is 0.0700. The molecule has 0 aromatic heterocycles. The summed E-state index contributed by atoms with van der Waals surface area (Å²) < 4.78 is 11.7. The van der Waals surface area contributed by atoms with E-state index in [1.54, 1.807) is 0 Å². The lowest BCUT2D eigenvalue weighted by molar-refractivity contribution is 0.274. The molecule has 0 atom stereocenters. The van der Waals surface area contributed by atoms with Crippen LogP contribution in [0.2, 0.25) is 0 Å². The molecule has 0 saturated carbocycles. The third-order valence-corrected chi connectivity index (χ3v) is 5.15. The van der Waals surface area contributed by atoms with Gasteiger partial charge in [0.2, 0.25) is 0 Å². The zero-order valence-electron chi connectivity index (χ0n) is 9.70. The fourth-order valence-corrected chi connectivity index (χ4v) is 3.40. The number of nitrogens with zero attached hydrogens (tertiary/aromatic N) is 2. The van der Waals surface area contributed by atoms with E-state index >= 15 is 0 Å². The van der Waals surface area contributed by atoms with Crippen LogP contribution in [0.15, 0.2) is 0 Å². The SMILES string of the molecule is CN(C)CCCN1CC[SH](C)(=O)CC1. The first-order chi connectivity index (χ1) is 6.49. The summed E-state index contributed by atoms with van der Waals surface area (Å²) >= 11 is 0. The van der Waals surface area contributed by atoms with Gasteiger partial charge in [0.05, 0.1) is 0 Å². The Labute approximate surface area is 88.9 Å². The van der Waals surface area contributed by atoms with Crippen LogP contribution < -0.4 is 0 Å². The molecule has 0 spiro atoms. The van der Waals surface area contributed by atoms with Crippen molar-refractivity contribution < 1.29 is 4.21 Å². The van der Waals surface area contributed by atoms with E-state index in [4.69, 9.17) is 0 Å². The topological polar surface area (TPSA) is 23.6 Å². The molecule has 0 bridgehead atoms. The quantitative estimate of drug-likeness (QED) is 0.669. The van der Waals surface area contributed by atoms with Crippen molar-refractivity contribution in [3.05, 3.63) is 0 Å². The van der Waals surface area contributed by atoms with Crippen molar-refractivity contribution in [1.82, 2.24) is 9.80 Å². The fraction of sp³-hybridized carbons (Fsp3) is 1.00. The molecule has 1 aliphatic rings. The van der Waals surface area contributed by atoms with Gasteiger partial charge in [-0.3, -0.25) is 4.21 Å². The summed E-state index contributed by atoms with van der Waals surface area (Å²) in [5.74, 6) is 1.85. The van der Waals surface area contributed by atoms with Gasteiger partial charge < -0.3 is 9.80 Å². The van der Waals surface area contributed by atoms with E-state index < -0.39 is 9.93 Å². The normalized spacial score (nSPS) is 25.1. The van der Waals surface area contributed by atoms with Gasteiger partial charge in [0.1, 0.15) is 0 Å². The molecular formula is C10H24N2OS. The van der Waals surface area contributed by atoms with E-state index in [9.17, 15) is 4.21 Å². The van der Waals surface area contributed by atoms with Gasteiger partial charge >= 0.3 is 0 Å². The standard InChI is InChI=1S/C10H24N2OS/c1-11(2)5-4-6-12-7-9-14(3,13)10-8-12/h14H,4-10H2,1-3H3.